The highest BCUT2D eigenvalue weighted by atomic mass is 16.5. The van der Waals surface area contributed by atoms with Gasteiger partial charge in [0.05, 0.1) is 13.7 Å². The van der Waals surface area contributed by atoms with Crippen LogP contribution in [0, 0.1) is 0 Å². The van der Waals surface area contributed by atoms with Crippen LogP contribution in [-0.4, -0.2) is 46.0 Å². The summed E-state index contributed by atoms with van der Waals surface area (Å²) in [6.07, 6.45) is 3.22. The number of hydrogen-bond acceptors (Lipinski definition) is 5. The Morgan fingerprint density at radius 2 is 2.12 bits per heavy atom. The zero-order valence-corrected chi connectivity index (χ0v) is 14.3. The summed E-state index contributed by atoms with van der Waals surface area (Å²) < 4.78 is 6.83. The number of benzene rings is 1. The van der Waals surface area contributed by atoms with Crippen LogP contribution in [0.4, 0.5) is 4.79 Å². The second-order valence-corrected chi connectivity index (χ2v) is 6.36. The number of imidazole rings is 1. The lowest BCUT2D eigenvalue weighted by molar-refractivity contribution is -0.125. The maximum Gasteiger partial charge on any atom is 0.322 e. The molecule has 1 aromatic heterocycles. The minimum atomic E-state index is -1.43. The summed E-state index contributed by atoms with van der Waals surface area (Å²) in [6.45, 7) is 0.318. The van der Waals surface area contributed by atoms with E-state index < -0.39 is 17.5 Å². The largest absolute Gasteiger partial charge is 0.497 e. The molecule has 1 aromatic carbocycles. The number of hydrogen-bond donors (Lipinski definition) is 2. The highest BCUT2D eigenvalue weighted by molar-refractivity contribution is 6.08. The van der Waals surface area contributed by atoms with Crippen molar-refractivity contribution in [3.05, 3.63) is 47.5 Å². The minimum absolute atomic E-state index is 0.0226. The van der Waals surface area contributed by atoms with Gasteiger partial charge in [-0.2, -0.15) is 0 Å². The maximum absolute atomic E-state index is 12.8. The average molecular weight is 355 g/mol. The van der Waals surface area contributed by atoms with Crippen LogP contribution < -0.4 is 15.4 Å². The Bertz CT molecular complexity index is 937. The van der Waals surface area contributed by atoms with Crippen molar-refractivity contribution in [3.8, 4) is 5.75 Å². The van der Waals surface area contributed by atoms with E-state index in [9.17, 15) is 14.4 Å². The summed E-state index contributed by atoms with van der Waals surface area (Å²) in [5, 5.41) is 4.91. The highest BCUT2D eigenvalue weighted by Crippen LogP contribution is 2.31. The summed E-state index contributed by atoms with van der Waals surface area (Å²) in [4.78, 5) is 43.0. The van der Waals surface area contributed by atoms with Gasteiger partial charge >= 0.3 is 6.03 Å². The summed E-state index contributed by atoms with van der Waals surface area (Å²) in [7, 11) is 3.26. The lowest BCUT2D eigenvalue weighted by Gasteiger charge is -2.30. The number of methoxy groups -OCH3 is 1. The van der Waals surface area contributed by atoms with Gasteiger partial charge in [0, 0.05) is 31.5 Å². The first-order valence-corrected chi connectivity index (χ1v) is 8.02. The van der Waals surface area contributed by atoms with Crippen LogP contribution in [0.5, 0.6) is 5.75 Å². The van der Waals surface area contributed by atoms with Gasteiger partial charge in [0.2, 0.25) is 0 Å². The molecule has 0 spiro atoms. The number of urea groups is 1. The van der Waals surface area contributed by atoms with Crippen LogP contribution in [0.1, 0.15) is 21.7 Å². The maximum atomic E-state index is 12.8. The van der Waals surface area contributed by atoms with Crippen molar-refractivity contribution >= 4 is 17.8 Å². The van der Waals surface area contributed by atoms with E-state index in [1.54, 1.807) is 36.1 Å². The van der Waals surface area contributed by atoms with E-state index in [1.165, 1.54) is 12.0 Å². The molecule has 1 saturated heterocycles. The van der Waals surface area contributed by atoms with Crippen LogP contribution in [0.3, 0.4) is 0 Å². The molecule has 1 fully saturated rings. The summed E-state index contributed by atoms with van der Waals surface area (Å²) in [5.74, 6) is 0.200. The first-order chi connectivity index (χ1) is 12.4. The molecule has 2 N–H and O–H groups in total. The van der Waals surface area contributed by atoms with Crippen molar-refractivity contribution in [1.82, 2.24) is 25.1 Å². The van der Waals surface area contributed by atoms with E-state index in [2.05, 4.69) is 15.6 Å². The van der Waals surface area contributed by atoms with Gasteiger partial charge in [0.25, 0.3) is 11.8 Å². The van der Waals surface area contributed by atoms with Crippen molar-refractivity contribution in [3.63, 3.8) is 0 Å². The molecule has 0 radical (unpaired) electrons. The zero-order valence-electron chi connectivity index (χ0n) is 14.3. The van der Waals surface area contributed by atoms with Crippen molar-refractivity contribution in [1.29, 1.82) is 0 Å². The van der Waals surface area contributed by atoms with Crippen molar-refractivity contribution in [2.45, 2.75) is 12.1 Å². The number of carbonyl (C=O) groups excluding carboxylic acids is 3. The Hall–Kier alpha value is -3.36. The fraction of sp³-hybridized carbons (Fsp3) is 0.294. The SMILES string of the molecule is COc1ccc2c(c1)C(=O)N(CC1(c3nccn3C)NC(=O)NC1=O)C2. The number of nitrogens with zero attached hydrogens (tertiary/aromatic N) is 3. The third-order valence-electron chi connectivity index (χ3n) is 4.77. The molecule has 2 aliphatic rings. The van der Waals surface area contributed by atoms with Crippen LogP contribution in [0.15, 0.2) is 30.6 Å². The van der Waals surface area contributed by atoms with Gasteiger partial charge in [-0.3, -0.25) is 14.9 Å². The number of ether oxygens (including phenoxy) is 1. The predicted octanol–water partition coefficient (Wildman–Crippen LogP) is 0.119. The molecular formula is C17H17N5O4. The predicted molar refractivity (Wildman–Crippen MR) is 89.3 cm³/mol. The summed E-state index contributed by atoms with van der Waals surface area (Å²) in [6, 6.07) is 4.68. The van der Waals surface area contributed by atoms with Crippen molar-refractivity contribution in [2.75, 3.05) is 13.7 Å². The molecule has 0 aliphatic carbocycles. The first kappa shape index (κ1) is 16.1. The van der Waals surface area contributed by atoms with Crippen molar-refractivity contribution < 1.29 is 19.1 Å². The number of amides is 4. The Kier molecular flexibility index (Phi) is 3.46. The average Bonchev–Trinajstić information content (AvgIpc) is 3.25. The van der Waals surface area contributed by atoms with Gasteiger partial charge in [-0.25, -0.2) is 9.78 Å². The van der Waals surface area contributed by atoms with Crippen LogP contribution in [0.25, 0.3) is 0 Å². The Morgan fingerprint density at radius 1 is 1.31 bits per heavy atom. The van der Waals surface area contributed by atoms with Crippen LogP contribution in [-0.2, 0) is 23.9 Å². The number of fused-ring (bicyclic) bond motifs is 1. The first-order valence-electron chi connectivity index (χ1n) is 8.02. The molecule has 1 atom stereocenters. The number of imide groups is 1. The van der Waals surface area contributed by atoms with Gasteiger partial charge in [0.1, 0.15) is 11.6 Å². The standard InChI is InChI=1S/C17H17N5O4/c1-21-6-5-18-14(21)17(15(24)19-16(25)20-17)9-22-8-10-3-4-11(26-2)7-12(10)13(22)23/h3-7H,8-9H2,1-2H3,(H2,19,20,24,25). The van der Waals surface area contributed by atoms with Crippen molar-refractivity contribution in [2.24, 2.45) is 7.05 Å². The topological polar surface area (TPSA) is 106 Å². The molecular weight excluding hydrogens is 338 g/mol. The van der Waals surface area contributed by atoms with Gasteiger partial charge in [-0.05, 0) is 17.7 Å². The molecule has 2 aliphatic heterocycles. The number of aromatic nitrogens is 2. The molecule has 1 unspecified atom stereocenters. The lowest BCUT2D eigenvalue weighted by Crippen LogP contribution is -2.54. The molecule has 4 amide bonds. The summed E-state index contributed by atoms with van der Waals surface area (Å²) >= 11 is 0. The number of nitrogens with one attached hydrogen (secondary N) is 2. The van der Waals surface area contributed by atoms with Gasteiger partial charge in [0.15, 0.2) is 5.54 Å². The molecule has 0 saturated carbocycles. The minimum Gasteiger partial charge on any atom is -0.497 e. The molecule has 0 bridgehead atoms. The summed E-state index contributed by atoms with van der Waals surface area (Å²) in [5.41, 5.74) is -0.0588. The van der Waals surface area contributed by atoms with E-state index in [0.717, 1.165) is 5.56 Å². The molecule has 9 heteroatoms. The van der Waals surface area contributed by atoms with Crippen LogP contribution in [0.2, 0.25) is 0 Å². The monoisotopic (exact) mass is 355 g/mol. The zero-order chi connectivity index (χ0) is 18.5. The molecule has 134 valence electrons. The van der Waals surface area contributed by atoms with E-state index in [-0.39, 0.29) is 12.5 Å². The smallest absolute Gasteiger partial charge is 0.322 e. The second kappa shape index (κ2) is 5.58. The second-order valence-electron chi connectivity index (χ2n) is 6.36. The van der Waals surface area contributed by atoms with E-state index in [0.29, 0.717) is 23.7 Å². The fourth-order valence-corrected chi connectivity index (χ4v) is 3.49. The van der Waals surface area contributed by atoms with E-state index in [4.69, 9.17) is 4.74 Å². The van der Waals surface area contributed by atoms with E-state index >= 15 is 0 Å². The normalized spacial score (nSPS) is 21.6. The number of aryl methyl sites for hydroxylation is 1. The third kappa shape index (κ3) is 2.24. The molecule has 4 rings (SSSR count). The Balaban J connectivity index is 1.70. The molecule has 9 nitrogen and oxygen atoms in total. The third-order valence-corrected chi connectivity index (χ3v) is 4.77. The number of rotatable bonds is 4. The van der Waals surface area contributed by atoms with Gasteiger partial charge in [-0.1, -0.05) is 6.07 Å². The van der Waals surface area contributed by atoms with Gasteiger partial charge in [-0.15, -0.1) is 0 Å². The fourth-order valence-electron chi connectivity index (χ4n) is 3.49. The highest BCUT2D eigenvalue weighted by Gasteiger charge is 2.53. The lowest BCUT2D eigenvalue weighted by atomic mass is 9.97. The Morgan fingerprint density at radius 3 is 2.73 bits per heavy atom. The molecule has 3 heterocycles. The van der Waals surface area contributed by atoms with E-state index in [1.807, 2.05) is 6.07 Å². The van der Waals surface area contributed by atoms with Gasteiger partial charge < -0.3 is 19.5 Å². The Labute approximate surface area is 148 Å². The quantitative estimate of drug-likeness (QED) is 0.758. The van der Waals surface area contributed by atoms with Crippen LogP contribution >= 0.6 is 0 Å². The molecule has 26 heavy (non-hydrogen) atoms. The molecule has 2 aromatic rings. The number of carbonyl (C=O) groups is 3.